The zero-order chi connectivity index (χ0) is 21.2. The molecular formula is C20H19N3O6. The van der Waals surface area contributed by atoms with Crippen molar-refractivity contribution >= 4 is 29.2 Å². The molecule has 0 aromatic heterocycles. The first kappa shape index (κ1) is 21.2. The van der Waals surface area contributed by atoms with Crippen LogP contribution in [0.5, 0.6) is 11.5 Å². The van der Waals surface area contributed by atoms with Crippen molar-refractivity contribution in [1.82, 2.24) is 0 Å². The fourth-order valence-corrected chi connectivity index (χ4v) is 2.29. The number of nitriles is 1. The quantitative estimate of drug-likeness (QED) is 0.655. The molecule has 2 aromatic carbocycles. The lowest BCUT2D eigenvalue weighted by molar-refractivity contribution is -0.119. The third-order valence-corrected chi connectivity index (χ3v) is 3.65. The van der Waals surface area contributed by atoms with Gasteiger partial charge in [-0.1, -0.05) is 0 Å². The Morgan fingerprint density at radius 3 is 2.14 bits per heavy atom. The Morgan fingerprint density at radius 1 is 0.897 bits per heavy atom. The summed E-state index contributed by atoms with van der Waals surface area (Å²) in [5.41, 5.74) is 1.11. The van der Waals surface area contributed by atoms with E-state index in [1.165, 1.54) is 38.5 Å². The summed E-state index contributed by atoms with van der Waals surface area (Å²) in [5, 5.41) is 13.6. The van der Waals surface area contributed by atoms with Crippen molar-refractivity contribution in [1.29, 1.82) is 5.26 Å². The van der Waals surface area contributed by atoms with E-state index in [0.29, 0.717) is 22.9 Å². The average Bonchev–Trinajstić information content (AvgIpc) is 2.72. The zero-order valence-corrected chi connectivity index (χ0v) is 15.9. The lowest BCUT2D eigenvalue weighted by atomic mass is 10.2. The van der Waals surface area contributed by atoms with E-state index < -0.39 is 24.4 Å². The topological polar surface area (TPSA) is 127 Å². The van der Waals surface area contributed by atoms with E-state index in [-0.39, 0.29) is 12.0 Å². The van der Waals surface area contributed by atoms with Crippen LogP contribution in [0.15, 0.2) is 42.5 Å². The van der Waals surface area contributed by atoms with Crippen LogP contribution in [0.2, 0.25) is 0 Å². The number of ether oxygens (including phenoxy) is 3. The number of hydrogen-bond acceptors (Lipinski definition) is 7. The monoisotopic (exact) mass is 397 g/mol. The molecule has 0 saturated heterocycles. The van der Waals surface area contributed by atoms with Gasteiger partial charge in [-0.05, 0) is 36.4 Å². The van der Waals surface area contributed by atoms with Gasteiger partial charge in [-0.15, -0.1) is 0 Å². The molecule has 2 amide bonds. The van der Waals surface area contributed by atoms with E-state index in [1.807, 2.05) is 0 Å². The number of hydrogen-bond donors (Lipinski definition) is 2. The summed E-state index contributed by atoms with van der Waals surface area (Å²) in [4.78, 5) is 35.4. The highest BCUT2D eigenvalue weighted by atomic mass is 16.5. The van der Waals surface area contributed by atoms with E-state index >= 15 is 0 Å². The van der Waals surface area contributed by atoms with Gasteiger partial charge in [-0.25, -0.2) is 4.79 Å². The smallest absolute Gasteiger partial charge is 0.338 e. The van der Waals surface area contributed by atoms with Gasteiger partial charge >= 0.3 is 5.97 Å². The van der Waals surface area contributed by atoms with Crippen molar-refractivity contribution in [2.24, 2.45) is 0 Å². The number of benzene rings is 2. The van der Waals surface area contributed by atoms with Crippen LogP contribution in [-0.4, -0.2) is 38.6 Å². The molecule has 0 heterocycles. The number of rotatable bonds is 8. The summed E-state index contributed by atoms with van der Waals surface area (Å²) >= 11 is 0. The van der Waals surface area contributed by atoms with Crippen LogP contribution in [0, 0.1) is 11.3 Å². The van der Waals surface area contributed by atoms with Gasteiger partial charge in [0.1, 0.15) is 6.42 Å². The minimum atomic E-state index is -0.692. The Morgan fingerprint density at radius 2 is 1.52 bits per heavy atom. The van der Waals surface area contributed by atoms with E-state index in [2.05, 4.69) is 10.6 Å². The van der Waals surface area contributed by atoms with E-state index in [0.717, 1.165) is 0 Å². The van der Waals surface area contributed by atoms with Crippen molar-refractivity contribution in [3.63, 3.8) is 0 Å². The Kier molecular flexibility index (Phi) is 7.56. The standard InChI is InChI=1S/C20H19N3O6/c1-27-16-8-7-15(11-17(16)28-2)23-19(25)12-29-20(26)13-3-5-14(6-4-13)22-18(24)9-10-21/h3-8,11H,9,12H2,1-2H3,(H,22,24)(H,23,25). The molecule has 0 aliphatic carbocycles. The molecule has 2 rings (SSSR count). The van der Waals surface area contributed by atoms with E-state index in [4.69, 9.17) is 19.5 Å². The highest BCUT2D eigenvalue weighted by Gasteiger charge is 2.12. The normalized spacial score (nSPS) is 9.69. The maximum absolute atomic E-state index is 12.1. The lowest BCUT2D eigenvalue weighted by Gasteiger charge is -2.11. The highest BCUT2D eigenvalue weighted by Crippen LogP contribution is 2.29. The maximum atomic E-state index is 12.1. The van der Waals surface area contributed by atoms with Crippen LogP contribution in [-0.2, 0) is 14.3 Å². The van der Waals surface area contributed by atoms with Crippen LogP contribution in [0.4, 0.5) is 11.4 Å². The number of esters is 1. The molecule has 2 aromatic rings. The van der Waals surface area contributed by atoms with Crippen molar-refractivity contribution in [3.8, 4) is 17.6 Å². The molecule has 0 spiro atoms. The maximum Gasteiger partial charge on any atom is 0.338 e. The zero-order valence-electron chi connectivity index (χ0n) is 15.9. The van der Waals surface area contributed by atoms with Crippen LogP contribution in [0.25, 0.3) is 0 Å². The number of nitrogens with zero attached hydrogens (tertiary/aromatic N) is 1. The number of amides is 2. The van der Waals surface area contributed by atoms with Gasteiger partial charge in [0, 0.05) is 17.4 Å². The Labute approximate surface area is 167 Å². The number of nitrogens with one attached hydrogen (secondary N) is 2. The first-order valence-corrected chi connectivity index (χ1v) is 8.42. The minimum Gasteiger partial charge on any atom is -0.493 e. The summed E-state index contributed by atoms with van der Waals surface area (Å²) in [6, 6.07) is 12.5. The molecule has 0 aliphatic rings. The fourth-order valence-electron chi connectivity index (χ4n) is 2.29. The molecule has 9 heteroatoms. The fraction of sp³-hybridized carbons (Fsp3) is 0.200. The summed E-state index contributed by atoms with van der Waals surface area (Å²) in [5.74, 6) is -0.698. The van der Waals surface area contributed by atoms with Crippen molar-refractivity contribution in [3.05, 3.63) is 48.0 Å². The van der Waals surface area contributed by atoms with Crippen molar-refractivity contribution in [2.75, 3.05) is 31.5 Å². The molecule has 0 bridgehead atoms. The average molecular weight is 397 g/mol. The van der Waals surface area contributed by atoms with Crippen LogP contribution in [0.1, 0.15) is 16.8 Å². The SMILES string of the molecule is COc1ccc(NC(=O)COC(=O)c2ccc(NC(=O)CC#N)cc2)cc1OC. The van der Waals surface area contributed by atoms with Crippen molar-refractivity contribution < 1.29 is 28.6 Å². The summed E-state index contributed by atoms with van der Waals surface area (Å²) in [6.45, 7) is -0.478. The van der Waals surface area contributed by atoms with Gasteiger partial charge in [0.15, 0.2) is 18.1 Å². The molecule has 0 aliphatic heterocycles. The predicted molar refractivity (Wildman–Crippen MR) is 104 cm³/mol. The summed E-state index contributed by atoms with van der Waals surface area (Å²) < 4.78 is 15.3. The molecule has 0 fully saturated rings. The molecule has 150 valence electrons. The van der Waals surface area contributed by atoms with Gasteiger partial charge in [-0.3, -0.25) is 9.59 Å². The second-order valence-corrected chi connectivity index (χ2v) is 5.65. The molecule has 9 nitrogen and oxygen atoms in total. The van der Waals surface area contributed by atoms with E-state index in [9.17, 15) is 14.4 Å². The second kappa shape index (κ2) is 10.3. The Hall–Kier alpha value is -4.06. The first-order chi connectivity index (χ1) is 14.0. The molecule has 0 unspecified atom stereocenters. The summed E-state index contributed by atoms with van der Waals surface area (Å²) in [7, 11) is 2.98. The van der Waals surface area contributed by atoms with Crippen molar-refractivity contribution in [2.45, 2.75) is 6.42 Å². The third-order valence-electron chi connectivity index (χ3n) is 3.65. The molecule has 0 saturated carbocycles. The number of methoxy groups -OCH3 is 2. The van der Waals surface area contributed by atoms with Crippen LogP contribution >= 0.6 is 0 Å². The number of carbonyl (C=O) groups is 3. The van der Waals surface area contributed by atoms with Gasteiger partial charge in [0.05, 0.1) is 25.9 Å². The Balaban J connectivity index is 1.87. The van der Waals surface area contributed by atoms with Gasteiger partial charge in [0.2, 0.25) is 5.91 Å². The second-order valence-electron chi connectivity index (χ2n) is 5.65. The third kappa shape index (κ3) is 6.25. The predicted octanol–water partition coefficient (Wildman–Crippen LogP) is 2.35. The molecular weight excluding hydrogens is 378 g/mol. The number of anilines is 2. The largest absolute Gasteiger partial charge is 0.493 e. The molecule has 29 heavy (non-hydrogen) atoms. The molecule has 0 atom stereocenters. The number of carbonyl (C=O) groups excluding carboxylic acids is 3. The minimum absolute atomic E-state index is 0.210. The molecule has 0 radical (unpaired) electrons. The van der Waals surface area contributed by atoms with Gasteiger partial charge < -0.3 is 24.8 Å². The molecule has 2 N–H and O–H groups in total. The van der Waals surface area contributed by atoms with E-state index in [1.54, 1.807) is 24.3 Å². The van der Waals surface area contributed by atoms with Crippen LogP contribution in [0.3, 0.4) is 0 Å². The van der Waals surface area contributed by atoms with Crippen LogP contribution < -0.4 is 20.1 Å². The van der Waals surface area contributed by atoms with Gasteiger partial charge in [0.25, 0.3) is 5.91 Å². The summed E-state index contributed by atoms with van der Waals surface area (Å²) in [6.07, 6.45) is -0.265. The lowest BCUT2D eigenvalue weighted by Crippen LogP contribution is -2.21. The highest BCUT2D eigenvalue weighted by molar-refractivity contribution is 5.96. The Bertz CT molecular complexity index is 934. The van der Waals surface area contributed by atoms with Gasteiger partial charge in [-0.2, -0.15) is 5.26 Å². The first-order valence-electron chi connectivity index (χ1n) is 8.42.